The summed E-state index contributed by atoms with van der Waals surface area (Å²) in [4.78, 5) is 21.1. The lowest BCUT2D eigenvalue weighted by Gasteiger charge is -2.26. The van der Waals surface area contributed by atoms with Crippen LogP contribution in [0.25, 0.3) is 0 Å². The van der Waals surface area contributed by atoms with Crippen LogP contribution in [0, 0.1) is 11.3 Å². The van der Waals surface area contributed by atoms with Crippen molar-refractivity contribution in [1.82, 2.24) is 9.88 Å². The molecule has 1 atom stereocenters. The first-order valence-electron chi connectivity index (χ1n) is 7.66. The van der Waals surface area contributed by atoms with Crippen LogP contribution in [0.5, 0.6) is 0 Å². The molecule has 2 aromatic heterocycles. The number of carbonyl (C=O) groups is 1. The summed E-state index contributed by atoms with van der Waals surface area (Å²) in [5.74, 6) is 0.116. The summed E-state index contributed by atoms with van der Waals surface area (Å²) in [6.07, 6.45) is 3.50. The largest absolute Gasteiger partial charge is 0.301 e. The number of thiophene rings is 1. The molecule has 1 aliphatic heterocycles. The van der Waals surface area contributed by atoms with E-state index in [-0.39, 0.29) is 11.9 Å². The van der Waals surface area contributed by atoms with Crippen LogP contribution in [0.1, 0.15) is 23.9 Å². The van der Waals surface area contributed by atoms with Crippen molar-refractivity contribution >= 4 is 33.6 Å². The lowest BCUT2D eigenvalue weighted by atomic mass is 10.2. The number of hydrogen-bond acceptors (Lipinski definition) is 6. The molecule has 0 spiro atoms. The topological polar surface area (TPSA) is 60.2 Å². The summed E-state index contributed by atoms with van der Waals surface area (Å²) >= 11 is 3.12. The fourth-order valence-corrected chi connectivity index (χ4v) is 4.44. The third kappa shape index (κ3) is 3.29. The Labute approximate surface area is 143 Å². The van der Waals surface area contributed by atoms with Gasteiger partial charge in [-0.15, -0.1) is 22.7 Å². The molecule has 0 aliphatic carbocycles. The molecule has 0 N–H and O–H groups in total. The van der Waals surface area contributed by atoms with E-state index in [0.29, 0.717) is 12.1 Å². The second-order valence-electron chi connectivity index (χ2n) is 5.35. The van der Waals surface area contributed by atoms with Crippen molar-refractivity contribution in [2.75, 3.05) is 24.5 Å². The van der Waals surface area contributed by atoms with Gasteiger partial charge in [0.1, 0.15) is 11.1 Å². The fraction of sp³-hybridized carbons (Fsp3) is 0.438. The number of aromatic nitrogens is 1. The van der Waals surface area contributed by atoms with Crippen LogP contribution in [-0.2, 0) is 11.2 Å². The molecular formula is C16H18N4OS2. The molecule has 0 radical (unpaired) electrons. The van der Waals surface area contributed by atoms with Crippen LogP contribution >= 0.6 is 22.7 Å². The maximum Gasteiger partial charge on any atom is 0.245 e. The van der Waals surface area contributed by atoms with Crippen LogP contribution in [0.15, 0.2) is 23.0 Å². The first kappa shape index (κ1) is 16.1. The summed E-state index contributed by atoms with van der Waals surface area (Å²) < 4.78 is 0. The summed E-state index contributed by atoms with van der Waals surface area (Å²) in [5, 5.41) is 14.9. The second kappa shape index (κ2) is 7.21. The second-order valence-corrected chi connectivity index (χ2v) is 7.22. The van der Waals surface area contributed by atoms with Gasteiger partial charge in [-0.3, -0.25) is 9.69 Å². The van der Waals surface area contributed by atoms with Crippen molar-refractivity contribution in [1.29, 1.82) is 5.26 Å². The minimum absolute atomic E-state index is 0.0893. The van der Waals surface area contributed by atoms with E-state index in [1.807, 2.05) is 17.0 Å². The van der Waals surface area contributed by atoms with Gasteiger partial charge >= 0.3 is 0 Å². The van der Waals surface area contributed by atoms with Gasteiger partial charge in [-0.1, -0.05) is 6.92 Å². The minimum atomic E-state index is -0.0893. The monoisotopic (exact) mass is 346 g/mol. The summed E-state index contributed by atoms with van der Waals surface area (Å²) in [5.41, 5.74) is 0.592. The number of carbonyl (C=O) groups excluding carboxylic acids is 1. The number of amides is 1. The van der Waals surface area contributed by atoms with E-state index in [9.17, 15) is 4.79 Å². The van der Waals surface area contributed by atoms with Crippen LogP contribution in [-0.4, -0.2) is 41.5 Å². The fourth-order valence-electron chi connectivity index (χ4n) is 2.95. The average molecular weight is 346 g/mol. The van der Waals surface area contributed by atoms with Gasteiger partial charge in [0.15, 0.2) is 0 Å². The van der Waals surface area contributed by atoms with Crippen molar-refractivity contribution in [3.05, 3.63) is 33.6 Å². The van der Waals surface area contributed by atoms with E-state index in [1.54, 1.807) is 22.3 Å². The highest BCUT2D eigenvalue weighted by atomic mass is 32.1. The molecule has 2 aromatic rings. The molecular weight excluding hydrogens is 328 g/mol. The van der Waals surface area contributed by atoms with E-state index in [4.69, 9.17) is 5.26 Å². The van der Waals surface area contributed by atoms with Crippen molar-refractivity contribution < 1.29 is 4.79 Å². The highest BCUT2D eigenvalue weighted by Gasteiger charge is 2.37. The van der Waals surface area contributed by atoms with Gasteiger partial charge in [-0.05, 0) is 24.4 Å². The summed E-state index contributed by atoms with van der Waals surface area (Å²) in [6, 6.07) is 3.86. The standard InChI is InChI=1S/C16H18N4OS2/c1-2-19(7-4-14-18-6-10-22-14)13-3-8-20(15(13)21)16-12(11-17)5-9-23-16/h5-6,9-10,13H,2-4,7-8H2,1H3. The van der Waals surface area contributed by atoms with Gasteiger partial charge in [0.25, 0.3) is 0 Å². The van der Waals surface area contributed by atoms with Gasteiger partial charge in [0.05, 0.1) is 16.6 Å². The Morgan fingerprint density at radius 3 is 3.04 bits per heavy atom. The number of anilines is 1. The first-order valence-corrected chi connectivity index (χ1v) is 9.42. The highest BCUT2D eigenvalue weighted by molar-refractivity contribution is 7.14. The molecule has 1 aliphatic rings. The van der Waals surface area contributed by atoms with E-state index in [2.05, 4.69) is 22.9 Å². The zero-order valence-corrected chi connectivity index (χ0v) is 14.6. The molecule has 120 valence electrons. The van der Waals surface area contributed by atoms with Gasteiger partial charge in [0, 0.05) is 31.1 Å². The van der Waals surface area contributed by atoms with Crippen molar-refractivity contribution in [2.24, 2.45) is 0 Å². The molecule has 1 fully saturated rings. The first-order chi connectivity index (χ1) is 11.2. The lowest BCUT2D eigenvalue weighted by molar-refractivity contribution is -0.121. The Kier molecular flexibility index (Phi) is 5.06. The van der Waals surface area contributed by atoms with Gasteiger partial charge < -0.3 is 4.90 Å². The Hall–Kier alpha value is -1.75. The smallest absolute Gasteiger partial charge is 0.245 e. The van der Waals surface area contributed by atoms with E-state index >= 15 is 0 Å². The number of hydrogen-bond donors (Lipinski definition) is 0. The zero-order valence-electron chi connectivity index (χ0n) is 12.9. The minimum Gasteiger partial charge on any atom is -0.301 e. The Morgan fingerprint density at radius 1 is 1.48 bits per heavy atom. The van der Waals surface area contributed by atoms with Gasteiger partial charge in [-0.2, -0.15) is 5.26 Å². The van der Waals surface area contributed by atoms with Crippen molar-refractivity contribution in [3.8, 4) is 6.07 Å². The molecule has 0 aromatic carbocycles. The van der Waals surface area contributed by atoms with Crippen LogP contribution in [0.4, 0.5) is 5.00 Å². The normalized spacial score (nSPS) is 17.9. The number of rotatable bonds is 6. The van der Waals surface area contributed by atoms with Crippen LogP contribution < -0.4 is 4.90 Å². The molecule has 1 amide bonds. The third-order valence-corrected chi connectivity index (χ3v) is 5.91. The molecule has 7 heteroatoms. The average Bonchev–Trinajstić information content (AvgIpc) is 3.29. The predicted molar refractivity (Wildman–Crippen MR) is 92.9 cm³/mol. The molecule has 1 saturated heterocycles. The van der Waals surface area contributed by atoms with Crippen LogP contribution in [0.2, 0.25) is 0 Å². The molecule has 0 saturated carbocycles. The highest BCUT2D eigenvalue weighted by Crippen LogP contribution is 2.32. The zero-order chi connectivity index (χ0) is 16.2. The quantitative estimate of drug-likeness (QED) is 0.807. The van der Waals surface area contributed by atoms with Gasteiger partial charge in [-0.25, -0.2) is 4.98 Å². The number of nitrogens with zero attached hydrogens (tertiary/aromatic N) is 4. The van der Waals surface area contributed by atoms with E-state index in [1.165, 1.54) is 11.3 Å². The molecule has 23 heavy (non-hydrogen) atoms. The van der Waals surface area contributed by atoms with E-state index < -0.39 is 0 Å². The lowest BCUT2D eigenvalue weighted by Crippen LogP contribution is -2.42. The molecule has 3 heterocycles. The maximum atomic E-state index is 12.8. The Balaban J connectivity index is 1.68. The van der Waals surface area contributed by atoms with Gasteiger partial charge in [0.2, 0.25) is 5.91 Å². The molecule has 1 unspecified atom stereocenters. The molecule has 5 nitrogen and oxygen atoms in total. The molecule has 0 bridgehead atoms. The van der Waals surface area contributed by atoms with Crippen molar-refractivity contribution in [3.63, 3.8) is 0 Å². The van der Waals surface area contributed by atoms with Crippen LogP contribution in [0.3, 0.4) is 0 Å². The summed E-state index contributed by atoms with van der Waals surface area (Å²) in [6.45, 7) is 4.45. The number of nitriles is 1. The molecule has 3 rings (SSSR count). The number of thiazole rings is 1. The number of likely N-dealkylation sites (N-methyl/N-ethyl adjacent to an activating group) is 1. The Morgan fingerprint density at radius 2 is 2.35 bits per heavy atom. The third-order valence-electron chi connectivity index (χ3n) is 4.13. The maximum absolute atomic E-state index is 12.8. The SMILES string of the molecule is CCN(CCc1nccs1)C1CCN(c2sccc2C#N)C1=O. The Bertz CT molecular complexity index is 704. The van der Waals surface area contributed by atoms with E-state index in [0.717, 1.165) is 35.9 Å². The predicted octanol–water partition coefficient (Wildman–Crippen LogP) is 2.75. The van der Waals surface area contributed by atoms with Crippen molar-refractivity contribution in [2.45, 2.75) is 25.8 Å². The summed E-state index contributed by atoms with van der Waals surface area (Å²) in [7, 11) is 0.